The summed E-state index contributed by atoms with van der Waals surface area (Å²) in [6.07, 6.45) is 0.652. The van der Waals surface area contributed by atoms with Crippen molar-refractivity contribution in [3.8, 4) is 22.8 Å². The highest BCUT2D eigenvalue weighted by molar-refractivity contribution is 5.88. The summed E-state index contributed by atoms with van der Waals surface area (Å²) in [6, 6.07) is 4.55. The number of carbonyl (C=O) groups excluding carboxylic acids is 1. The van der Waals surface area contributed by atoms with Gasteiger partial charge in [0.1, 0.15) is 5.82 Å². The number of aromatic hydroxyl groups is 1. The summed E-state index contributed by atoms with van der Waals surface area (Å²) < 4.78 is 6.52. The molecule has 0 atom stereocenters. The molecule has 0 saturated carbocycles. The maximum Gasteiger partial charge on any atom is 0.161 e. The normalized spacial score (nSPS) is 10.3. The Bertz CT molecular complexity index is 585. The van der Waals surface area contributed by atoms with Crippen molar-refractivity contribution in [2.75, 3.05) is 12.8 Å². The van der Waals surface area contributed by atoms with Crippen LogP contribution in [0.25, 0.3) is 11.3 Å². The smallest absolute Gasteiger partial charge is 0.161 e. The molecule has 0 unspecified atom stereocenters. The zero-order valence-corrected chi connectivity index (χ0v) is 10.0. The van der Waals surface area contributed by atoms with Gasteiger partial charge in [0, 0.05) is 24.2 Å². The van der Waals surface area contributed by atoms with Gasteiger partial charge in [0.05, 0.1) is 12.8 Å². The summed E-state index contributed by atoms with van der Waals surface area (Å²) in [4.78, 5) is 11.0. The zero-order valence-electron chi connectivity index (χ0n) is 10.0. The molecule has 3 N–H and O–H groups in total. The van der Waals surface area contributed by atoms with E-state index in [1.807, 2.05) is 0 Å². The molecule has 94 valence electrons. The van der Waals surface area contributed by atoms with Gasteiger partial charge in [-0.05, 0) is 12.1 Å². The number of aldehydes is 1. The Balaban J connectivity index is 2.65. The average Bonchev–Trinajstić information content (AvgIpc) is 2.69. The first kappa shape index (κ1) is 12.0. The number of nitrogens with zero attached hydrogens (tertiary/aromatic N) is 2. The molecule has 0 aliphatic rings. The maximum absolute atomic E-state index is 11.0. The molecule has 1 heterocycles. The summed E-state index contributed by atoms with van der Waals surface area (Å²) in [5.41, 5.74) is 7.14. The quantitative estimate of drug-likeness (QED) is 0.795. The van der Waals surface area contributed by atoms with Crippen LogP contribution in [0.15, 0.2) is 18.2 Å². The highest BCUT2D eigenvalue weighted by atomic mass is 16.5. The molecule has 6 heteroatoms. The Hall–Kier alpha value is -2.50. The Kier molecular flexibility index (Phi) is 2.93. The van der Waals surface area contributed by atoms with Crippen molar-refractivity contribution in [3.63, 3.8) is 0 Å². The predicted octanol–water partition coefficient (Wildman–Crippen LogP) is 1.20. The number of rotatable bonds is 3. The van der Waals surface area contributed by atoms with Crippen LogP contribution in [-0.4, -0.2) is 28.3 Å². The molecule has 0 spiro atoms. The first-order valence-corrected chi connectivity index (χ1v) is 5.23. The van der Waals surface area contributed by atoms with Gasteiger partial charge in [-0.3, -0.25) is 9.48 Å². The number of carbonyl (C=O) groups is 1. The number of hydrogen-bond donors (Lipinski definition) is 2. The van der Waals surface area contributed by atoms with Crippen molar-refractivity contribution in [3.05, 3.63) is 23.8 Å². The number of hydrogen-bond acceptors (Lipinski definition) is 5. The molecule has 0 bridgehead atoms. The first-order valence-electron chi connectivity index (χ1n) is 5.23. The SMILES string of the molecule is COc1cc(-c2cc(N)n(C)n2)c(C=O)cc1O. The summed E-state index contributed by atoms with van der Waals surface area (Å²) in [5.74, 6) is 0.668. The molecule has 0 fully saturated rings. The van der Waals surface area contributed by atoms with Gasteiger partial charge in [-0.15, -0.1) is 0 Å². The fourth-order valence-electron chi connectivity index (χ4n) is 1.68. The van der Waals surface area contributed by atoms with Crippen molar-refractivity contribution in [1.29, 1.82) is 0 Å². The molecule has 1 aromatic carbocycles. The molecule has 0 aliphatic carbocycles. The highest BCUT2D eigenvalue weighted by Crippen LogP contribution is 2.34. The van der Waals surface area contributed by atoms with Gasteiger partial charge < -0.3 is 15.6 Å². The number of nitrogen functional groups attached to an aromatic ring is 1. The van der Waals surface area contributed by atoms with E-state index in [0.29, 0.717) is 28.9 Å². The molecule has 6 nitrogen and oxygen atoms in total. The van der Waals surface area contributed by atoms with Crippen molar-refractivity contribution in [1.82, 2.24) is 9.78 Å². The standard InChI is InChI=1S/C12H13N3O3/c1-15-12(13)5-9(14-15)8-4-11(18-2)10(17)3-7(8)6-16/h3-6,17H,13H2,1-2H3. The molecule has 0 amide bonds. The van der Waals surface area contributed by atoms with Crippen LogP contribution < -0.4 is 10.5 Å². The number of benzene rings is 1. The lowest BCUT2D eigenvalue weighted by molar-refractivity contribution is 0.112. The van der Waals surface area contributed by atoms with Gasteiger partial charge >= 0.3 is 0 Å². The number of phenolic OH excluding ortho intramolecular Hbond substituents is 1. The average molecular weight is 247 g/mol. The van der Waals surface area contributed by atoms with Crippen LogP contribution in [0.1, 0.15) is 10.4 Å². The molecule has 0 aliphatic heterocycles. The molecule has 18 heavy (non-hydrogen) atoms. The fourth-order valence-corrected chi connectivity index (χ4v) is 1.68. The van der Waals surface area contributed by atoms with E-state index in [9.17, 15) is 9.90 Å². The van der Waals surface area contributed by atoms with Gasteiger partial charge in [0.25, 0.3) is 0 Å². The van der Waals surface area contributed by atoms with Crippen molar-refractivity contribution >= 4 is 12.1 Å². The molecule has 0 saturated heterocycles. The molecule has 2 rings (SSSR count). The van der Waals surface area contributed by atoms with E-state index < -0.39 is 0 Å². The number of anilines is 1. The highest BCUT2D eigenvalue weighted by Gasteiger charge is 2.14. The minimum absolute atomic E-state index is 0.0905. The molecule has 0 radical (unpaired) electrons. The van der Waals surface area contributed by atoms with Gasteiger partial charge in [-0.25, -0.2) is 0 Å². The van der Waals surface area contributed by atoms with E-state index in [4.69, 9.17) is 10.5 Å². The number of phenols is 1. The summed E-state index contributed by atoms with van der Waals surface area (Å²) in [7, 11) is 3.14. The monoisotopic (exact) mass is 247 g/mol. The summed E-state index contributed by atoms with van der Waals surface area (Å²) >= 11 is 0. The molecule has 1 aromatic heterocycles. The van der Waals surface area contributed by atoms with Crippen molar-refractivity contribution < 1.29 is 14.6 Å². The summed E-state index contributed by atoms with van der Waals surface area (Å²) in [6.45, 7) is 0. The third-order valence-corrected chi connectivity index (χ3v) is 2.67. The van der Waals surface area contributed by atoms with Gasteiger partial charge in [0.2, 0.25) is 0 Å². The second-order valence-corrected chi connectivity index (χ2v) is 3.81. The van der Waals surface area contributed by atoms with Crippen LogP contribution in [0.5, 0.6) is 11.5 Å². The van der Waals surface area contributed by atoms with Crippen LogP contribution in [0.3, 0.4) is 0 Å². The molecular weight excluding hydrogens is 234 g/mol. The number of nitrogens with two attached hydrogens (primary N) is 1. The third kappa shape index (κ3) is 1.88. The number of methoxy groups -OCH3 is 1. The van der Waals surface area contributed by atoms with E-state index in [0.717, 1.165) is 0 Å². The zero-order chi connectivity index (χ0) is 13.3. The van der Waals surface area contributed by atoms with Gasteiger partial charge in [0.15, 0.2) is 17.8 Å². The van der Waals surface area contributed by atoms with E-state index in [1.165, 1.54) is 17.9 Å². The lowest BCUT2D eigenvalue weighted by atomic mass is 10.0. The van der Waals surface area contributed by atoms with E-state index in [-0.39, 0.29) is 11.5 Å². The largest absolute Gasteiger partial charge is 0.504 e. The Morgan fingerprint density at radius 3 is 2.67 bits per heavy atom. The third-order valence-electron chi connectivity index (χ3n) is 2.67. The lowest BCUT2D eigenvalue weighted by Gasteiger charge is -2.07. The number of aryl methyl sites for hydroxylation is 1. The van der Waals surface area contributed by atoms with Crippen LogP contribution >= 0.6 is 0 Å². The van der Waals surface area contributed by atoms with Crippen LogP contribution in [0.2, 0.25) is 0 Å². The predicted molar refractivity (Wildman–Crippen MR) is 66.7 cm³/mol. The number of aromatic nitrogens is 2. The van der Waals surface area contributed by atoms with Crippen LogP contribution in [0, 0.1) is 0 Å². The molecular formula is C12H13N3O3. The fraction of sp³-hybridized carbons (Fsp3) is 0.167. The minimum atomic E-state index is -0.0905. The van der Waals surface area contributed by atoms with Crippen molar-refractivity contribution in [2.45, 2.75) is 0 Å². The molecule has 2 aromatic rings. The first-order chi connectivity index (χ1) is 8.56. The van der Waals surface area contributed by atoms with E-state index in [1.54, 1.807) is 19.2 Å². The Labute approximate surface area is 104 Å². The topological polar surface area (TPSA) is 90.4 Å². The van der Waals surface area contributed by atoms with Crippen molar-refractivity contribution in [2.24, 2.45) is 7.05 Å². The maximum atomic E-state index is 11.0. The van der Waals surface area contributed by atoms with Crippen LogP contribution in [-0.2, 0) is 7.05 Å². The van der Waals surface area contributed by atoms with Gasteiger partial charge in [-0.1, -0.05) is 0 Å². The second-order valence-electron chi connectivity index (χ2n) is 3.81. The summed E-state index contributed by atoms with van der Waals surface area (Å²) in [5, 5.41) is 13.8. The van der Waals surface area contributed by atoms with E-state index >= 15 is 0 Å². The number of ether oxygens (including phenoxy) is 1. The van der Waals surface area contributed by atoms with Gasteiger partial charge in [-0.2, -0.15) is 5.10 Å². The Morgan fingerprint density at radius 1 is 1.44 bits per heavy atom. The van der Waals surface area contributed by atoms with Crippen LogP contribution in [0.4, 0.5) is 5.82 Å². The Morgan fingerprint density at radius 2 is 2.17 bits per heavy atom. The lowest BCUT2D eigenvalue weighted by Crippen LogP contribution is -1.97. The van der Waals surface area contributed by atoms with E-state index in [2.05, 4.69) is 5.10 Å². The second kappa shape index (κ2) is 4.40. The minimum Gasteiger partial charge on any atom is -0.504 e.